The second kappa shape index (κ2) is 7.90. The van der Waals surface area contributed by atoms with Crippen LogP contribution in [0.3, 0.4) is 0 Å². The molecule has 0 spiro atoms. The third-order valence-corrected chi connectivity index (χ3v) is 2.82. The number of rotatable bonds is 7. The van der Waals surface area contributed by atoms with Gasteiger partial charge in [0.25, 0.3) is 5.91 Å². The molecule has 4 heteroatoms. The summed E-state index contributed by atoms with van der Waals surface area (Å²) in [6.07, 6.45) is 0.296. The minimum atomic E-state index is -0.501. The van der Waals surface area contributed by atoms with E-state index in [4.69, 9.17) is 10.5 Å². The number of hydrogen-bond donors (Lipinski definition) is 2. The van der Waals surface area contributed by atoms with E-state index in [0.717, 1.165) is 12.0 Å². The van der Waals surface area contributed by atoms with E-state index in [2.05, 4.69) is 19.2 Å². The Morgan fingerprint density at radius 2 is 2.00 bits per heavy atom. The highest BCUT2D eigenvalue weighted by Gasteiger charge is 2.14. The molecule has 1 rings (SSSR count). The fourth-order valence-electron chi connectivity index (χ4n) is 1.82. The summed E-state index contributed by atoms with van der Waals surface area (Å²) in [5.74, 6) is 1.05. The fraction of sp³-hybridized carbons (Fsp3) is 0.562. The van der Waals surface area contributed by atoms with Gasteiger partial charge in [-0.15, -0.1) is 0 Å². The minimum absolute atomic E-state index is 0.0868. The van der Waals surface area contributed by atoms with Gasteiger partial charge in [0.2, 0.25) is 0 Å². The summed E-state index contributed by atoms with van der Waals surface area (Å²) in [5.41, 5.74) is 6.90. The molecule has 0 aliphatic heterocycles. The zero-order chi connectivity index (χ0) is 15.1. The molecular formula is C16H26N2O2. The van der Waals surface area contributed by atoms with Crippen LogP contribution in [0.25, 0.3) is 0 Å². The number of hydrogen-bond acceptors (Lipinski definition) is 3. The van der Waals surface area contributed by atoms with Crippen molar-refractivity contribution in [3.05, 3.63) is 29.8 Å². The molecule has 2 unspecified atom stereocenters. The molecule has 112 valence electrons. The van der Waals surface area contributed by atoms with Crippen LogP contribution in [0.2, 0.25) is 0 Å². The average Bonchev–Trinajstić information content (AvgIpc) is 2.35. The first-order valence-electron chi connectivity index (χ1n) is 7.17. The highest BCUT2D eigenvalue weighted by Crippen LogP contribution is 2.16. The normalized spacial score (nSPS) is 13.9. The standard InChI is InChI=1S/C16H26N2O2/c1-11(2)10-18-16(19)13(4)20-15-7-5-6-14(9-15)8-12(3)17/h5-7,9,11-13H,8,10,17H2,1-4H3,(H,18,19). The molecule has 1 aromatic carbocycles. The van der Waals surface area contributed by atoms with Crippen LogP contribution < -0.4 is 15.8 Å². The molecule has 0 saturated carbocycles. The van der Waals surface area contributed by atoms with Crippen molar-refractivity contribution in [3.8, 4) is 5.75 Å². The van der Waals surface area contributed by atoms with Crippen molar-refractivity contribution < 1.29 is 9.53 Å². The van der Waals surface area contributed by atoms with Crippen molar-refractivity contribution in [2.75, 3.05) is 6.54 Å². The lowest BCUT2D eigenvalue weighted by Crippen LogP contribution is -2.38. The lowest BCUT2D eigenvalue weighted by atomic mass is 10.1. The van der Waals surface area contributed by atoms with E-state index in [0.29, 0.717) is 18.2 Å². The Kier molecular flexibility index (Phi) is 6.52. The van der Waals surface area contributed by atoms with E-state index >= 15 is 0 Å². The lowest BCUT2D eigenvalue weighted by molar-refractivity contribution is -0.127. The Balaban J connectivity index is 2.56. The van der Waals surface area contributed by atoms with Crippen LogP contribution in [0.4, 0.5) is 0 Å². The monoisotopic (exact) mass is 278 g/mol. The summed E-state index contributed by atoms with van der Waals surface area (Å²) in [6, 6.07) is 7.84. The average molecular weight is 278 g/mol. The Hall–Kier alpha value is -1.55. The van der Waals surface area contributed by atoms with Crippen molar-refractivity contribution in [1.29, 1.82) is 0 Å². The van der Waals surface area contributed by atoms with Crippen molar-refractivity contribution in [1.82, 2.24) is 5.32 Å². The number of carbonyl (C=O) groups excluding carboxylic acids is 1. The van der Waals surface area contributed by atoms with E-state index in [1.165, 1.54) is 0 Å². The van der Waals surface area contributed by atoms with Gasteiger partial charge in [0.1, 0.15) is 5.75 Å². The summed E-state index contributed by atoms with van der Waals surface area (Å²) in [5, 5.41) is 2.87. The van der Waals surface area contributed by atoms with Crippen LogP contribution in [-0.2, 0) is 11.2 Å². The second-order valence-corrected chi connectivity index (χ2v) is 5.73. The van der Waals surface area contributed by atoms with E-state index in [9.17, 15) is 4.79 Å². The van der Waals surface area contributed by atoms with Gasteiger partial charge in [-0.1, -0.05) is 26.0 Å². The maximum absolute atomic E-state index is 11.9. The molecule has 2 atom stereocenters. The predicted molar refractivity (Wildman–Crippen MR) is 81.7 cm³/mol. The number of nitrogens with one attached hydrogen (secondary N) is 1. The zero-order valence-corrected chi connectivity index (χ0v) is 12.8. The fourth-order valence-corrected chi connectivity index (χ4v) is 1.82. The highest BCUT2D eigenvalue weighted by atomic mass is 16.5. The molecule has 0 saturated heterocycles. The third-order valence-electron chi connectivity index (χ3n) is 2.82. The first-order valence-corrected chi connectivity index (χ1v) is 7.17. The maximum atomic E-state index is 11.9. The van der Waals surface area contributed by atoms with Crippen LogP contribution in [0, 0.1) is 5.92 Å². The number of nitrogens with two attached hydrogens (primary N) is 1. The molecule has 3 N–H and O–H groups in total. The van der Waals surface area contributed by atoms with E-state index < -0.39 is 6.10 Å². The van der Waals surface area contributed by atoms with Crippen LogP contribution >= 0.6 is 0 Å². The van der Waals surface area contributed by atoms with Gasteiger partial charge in [0.15, 0.2) is 6.10 Å². The van der Waals surface area contributed by atoms with Gasteiger partial charge in [-0.05, 0) is 43.9 Å². The van der Waals surface area contributed by atoms with Crippen molar-refractivity contribution in [2.24, 2.45) is 11.7 Å². The highest BCUT2D eigenvalue weighted by molar-refractivity contribution is 5.80. The SMILES string of the molecule is CC(C)CNC(=O)C(C)Oc1cccc(CC(C)N)c1. The first-order chi connectivity index (χ1) is 9.38. The van der Waals surface area contributed by atoms with Crippen LogP contribution in [0.15, 0.2) is 24.3 Å². The van der Waals surface area contributed by atoms with Crippen molar-refractivity contribution in [2.45, 2.75) is 46.3 Å². The van der Waals surface area contributed by atoms with Crippen LogP contribution in [-0.4, -0.2) is 24.6 Å². The Morgan fingerprint density at radius 3 is 2.60 bits per heavy atom. The van der Waals surface area contributed by atoms with Gasteiger partial charge in [0.05, 0.1) is 0 Å². The van der Waals surface area contributed by atoms with Gasteiger partial charge in [-0.3, -0.25) is 4.79 Å². The second-order valence-electron chi connectivity index (χ2n) is 5.73. The van der Waals surface area contributed by atoms with E-state index in [1.54, 1.807) is 6.92 Å². The molecule has 20 heavy (non-hydrogen) atoms. The van der Waals surface area contributed by atoms with Crippen LogP contribution in [0.1, 0.15) is 33.3 Å². The van der Waals surface area contributed by atoms with Gasteiger partial charge >= 0.3 is 0 Å². The summed E-state index contributed by atoms with van der Waals surface area (Å²) >= 11 is 0. The summed E-state index contributed by atoms with van der Waals surface area (Å²) < 4.78 is 5.68. The molecular weight excluding hydrogens is 252 g/mol. The Morgan fingerprint density at radius 1 is 1.30 bits per heavy atom. The van der Waals surface area contributed by atoms with Crippen molar-refractivity contribution in [3.63, 3.8) is 0 Å². The Labute approximate surface area is 121 Å². The summed E-state index contributed by atoms with van der Waals surface area (Å²) in [7, 11) is 0. The van der Waals surface area contributed by atoms with Gasteiger partial charge in [-0.2, -0.15) is 0 Å². The molecule has 0 bridgehead atoms. The van der Waals surface area contributed by atoms with E-state index in [-0.39, 0.29) is 11.9 Å². The number of carbonyl (C=O) groups is 1. The molecule has 1 aromatic rings. The van der Waals surface area contributed by atoms with Gasteiger partial charge in [0, 0.05) is 12.6 Å². The molecule has 4 nitrogen and oxygen atoms in total. The van der Waals surface area contributed by atoms with Crippen molar-refractivity contribution >= 4 is 5.91 Å². The Bertz CT molecular complexity index is 430. The molecule has 0 aliphatic rings. The third kappa shape index (κ3) is 6.06. The molecule has 1 amide bonds. The zero-order valence-electron chi connectivity index (χ0n) is 12.8. The van der Waals surface area contributed by atoms with Crippen LogP contribution in [0.5, 0.6) is 5.75 Å². The first kappa shape index (κ1) is 16.5. The molecule has 0 fully saturated rings. The molecule has 0 radical (unpaired) electrons. The maximum Gasteiger partial charge on any atom is 0.260 e. The predicted octanol–water partition coefficient (Wildman–Crippen LogP) is 2.12. The number of amides is 1. The molecule has 0 heterocycles. The van der Waals surface area contributed by atoms with Gasteiger partial charge in [-0.25, -0.2) is 0 Å². The molecule has 0 aromatic heterocycles. The smallest absolute Gasteiger partial charge is 0.260 e. The molecule has 0 aliphatic carbocycles. The summed E-state index contributed by atoms with van der Waals surface area (Å²) in [6.45, 7) is 8.51. The number of benzene rings is 1. The lowest BCUT2D eigenvalue weighted by Gasteiger charge is -2.16. The largest absolute Gasteiger partial charge is 0.481 e. The van der Waals surface area contributed by atoms with E-state index in [1.807, 2.05) is 31.2 Å². The number of ether oxygens (including phenoxy) is 1. The summed E-state index contributed by atoms with van der Waals surface area (Å²) in [4.78, 5) is 11.9. The van der Waals surface area contributed by atoms with Gasteiger partial charge < -0.3 is 15.8 Å². The minimum Gasteiger partial charge on any atom is -0.481 e. The topological polar surface area (TPSA) is 64.3 Å². The quantitative estimate of drug-likeness (QED) is 0.803.